The van der Waals surface area contributed by atoms with Gasteiger partial charge >= 0.3 is 0 Å². The van der Waals surface area contributed by atoms with E-state index in [2.05, 4.69) is 5.32 Å². The Kier molecular flexibility index (Phi) is 3.25. The Morgan fingerprint density at radius 3 is 2.75 bits per heavy atom. The quantitative estimate of drug-likeness (QED) is 0.864. The van der Waals surface area contributed by atoms with E-state index in [0.717, 1.165) is 0 Å². The average molecular weight is 243 g/mol. The van der Waals surface area contributed by atoms with Gasteiger partial charge in [0.25, 0.3) is 0 Å². The highest BCUT2D eigenvalue weighted by Gasteiger charge is 2.27. The molecular weight excluding hydrogens is 229 g/mol. The van der Waals surface area contributed by atoms with Gasteiger partial charge in [-0.3, -0.25) is 0 Å². The molecule has 1 fully saturated rings. The Morgan fingerprint density at radius 1 is 1.38 bits per heavy atom. The van der Waals surface area contributed by atoms with Gasteiger partial charge in [0.2, 0.25) is 0 Å². The van der Waals surface area contributed by atoms with Crippen LogP contribution in [0.4, 0.5) is 4.39 Å². The van der Waals surface area contributed by atoms with Crippen molar-refractivity contribution in [2.45, 2.75) is 19.0 Å². The molecule has 0 spiro atoms. The second-order valence-electron chi connectivity index (χ2n) is 4.07. The van der Waals surface area contributed by atoms with E-state index in [1.807, 2.05) is 0 Å². The van der Waals surface area contributed by atoms with Gasteiger partial charge in [0, 0.05) is 18.2 Å². The normalized spacial score (nSPS) is 23.4. The van der Waals surface area contributed by atoms with Gasteiger partial charge < -0.3 is 5.32 Å². The molecule has 0 aliphatic carbocycles. The molecule has 0 unspecified atom stereocenters. The SMILES string of the molecule is O=S1(=O)CC[C@@H](NCc2ccccc2F)C1. The van der Waals surface area contributed by atoms with E-state index in [4.69, 9.17) is 0 Å². The zero-order valence-electron chi connectivity index (χ0n) is 8.82. The molecule has 1 heterocycles. The first-order valence-corrected chi connectivity index (χ1v) is 7.06. The first kappa shape index (κ1) is 11.5. The molecule has 16 heavy (non-hydrogen) atoms. The molecule has 2 rings (SSSR count). The summed E-state index contributed by atoms with van der Waals surface area (Å²) in [6.07, 6.45) is 0.622. The molecule has 0 bridgehead atoms. The fourth-order valence-electron chi connectivity index (χ4n) is 1.85. The summed E-state index contributed by atoms with van der Waals surface area (Å²) in [6.45, 7) is 0.382. The molecule has 1 aromatic carbocycles. The van der Waals surface area contributed by atoms with E-state index >= 15 is 0 Å². The smallest absolute Gasteiger partial charge is 0.151 e. The van der Waals surface area contributed by atoms with Crippen molar-refractivity contribution < 1.29 is 12.8 Å². The van der Waals surface area contributed by atoms with Crippen molar-refractivity contribution >= 4 is 9.84 Å². The van der Waals surface area contributed by atoms with Crippen LogP contribution in [0.2, 0.25) is 0 Å². The molecule has 1 atom stereocenters. The highest BCUT2D eigenvalue weighted by atomic mass is 32.2. The fourth-order valence-corrected chi connectivity index (χ4v) is 3.56. The zero-order valence-corrected chi connectivity index (χ0v) is 9.63. The van der Waals surface area contributed by atoms with Crippen LogP contribution in [-0.2, 0) is 16.4 Å². The van der Waals surface area contributed by atoms with Crippen LogP contribution in [0.25, 0.3) is 0 Å². The number of hydrogen-bond acceptors (Lipinski definition) is 3. The number of rotatable bonds is 3. The predicted molar refractivity (Wildman–Crippen MR) is 60.3 cm³/mol. The summed E-state index contributed by atoms with van der Waals surface area (Å²) >= 11 is 0. The lowest BCUT2D eigenvalue weighted by Gasteiger charge is -2.10. The van der Waals surface area contributed by atoms with E-state index < -0.39 is 9.84 Å². The van der Waals surface area contributed by atoms with Gasteiger partial charge in [-0.15, -0.1) is 0 Å². The van der Waals surface area contributed by atoms with Gasteiger partial charge in [-0.2, -0.15) is 0 Å². The summed E-state index contributed by atoms with van der Waals surface area (Å²) < 4.78 is 35.7. The molecule has 0 aromatic heterocycles. The summed E-state index contributed by atoms with van der Waals surface area (Å²) in [5, 5.41) is 3.08. The lowest BCUT2D eigenvalue weighted by molar-refractivity contribution is 0.532. The molecule has 1 aliphatic heterocycles. The van der Waals surface area contributed by atoms with Crippen LogP contribution in [0.3, 0.4) is 0 Å². The lowest BCUT2D eigenvalue weighted by Crippen LogP contribution is -2.29. The van der Waals surface area contributed by atoms with E-state index in [-0.39, 0.29) is 23.4 Å². The maximum atomic E-state index is 13.3. The van der Waals surface area contributed by atoms with Gasteiger partial charge in [-0.1, -0.05) is 18.2 Å². The van der Waals surface area contributed by atoms with Crippen molar-refractivity contribution in [1.29, 1.82) is 0 Å². The summed E-state index contributed by atoms with van der Waals surface area (Å²) in [7, 11) is -2.87. The Hall–Kier alpha value is -0.940. The van der Waals surface area contributed by atoms with Crippen LogP contribution in [0.1, 0.15) is 12.0 Å². The number of nitrogens with one attached hydrogen (secondary N) is 1. The Morgan fingerprint density at radius 2 is 2.12 bits per heavy atom. The summed E-state index contributed by atoms with van der Waals surface area (Å²) in [5.74, 6) is 0.152. The molecule has 5 heteroatoms. The predicted octanol–water partition coefficient (Wildman–Crippen LogP) is 1.10. The van der Waals surface area contributed by atoms with Crippen molar-refractivity contribution in [3.63, 3.8) is 0 Å². The van der Waals surface area contributed by atoms with Crippen molar-refractivity contribution in [3.8, 4) is 0 Å². The molecular formula is C11H14FNO2S. The van der Waals surface area contributed by atoms with Crippen LogP contribution in [0.5, 0.6) is 0 Å². The number of sulfone groups is 1. The average Bonchev–Trinajstić information content (AvgIpc) is 2.57. The topological polar surface area (TPSA) is 46.2 Å². The summed E-state index contributed by atoms with van der Waals surface area (Å²) in [4.78, 5) is 0. The standard InChI is InChI=1S/C11H14FNO2S/c12-11-4-2-1-3-9(11)7-13-10-5-6-16(14,15)8-10/h1-4,10,13H,5-8H2/t10-/m1/s1. The van der Waals surface area contributed by atoms with Crippen molar-refractivity contribution in [2.75, 3.05) is 11.5 Å². The van der Waals surface area contributed by atoms with Gasteiger partial charge in [-0.05, 0) is 12.5 Å². The third-order valence-electron chi connectivity index (χ3n) is 2.77. The van der Waals surface area contributed by atoms with E-state index in [9.17, 15) is 12.8 Å². The highest BCUT2D eigenvalue weighted by molar-refractivity contribution is 7.91. The van der Waals surface area contributed by atoms with Gasteiger partial charge in [0.1, 0.15) is 5.82 Å². The second kappa shape index (κ2) is 4.51. The van der Waals surface area contributed by atoms with Crippen LogP contribution in [-0.4, -0.2) is 26.0 Å². The van der Waals surface area contributed by atoms with Crippen molar-refractivity contribution in [1.82, 2.24) is 5.32 Å². The van der Waals surface area contributed by atoms with Crippen LogP contribution >= 0.6 is 0 Å². The molecule has 1 N–H and O–H groups in total. The fraction of sp³-hybridized carbons (Fsp3) is 0.455. The number of benzene rings is 1. The molecule has 0 amide bonds. The van der Waals surface area contributed by atoms with Crippen molar-refractivity contribution in [2.24, 2.45) is 0 Å². The zero-order chi connectivity index (χ0) is 11.6. The van der Waals surface area contributed by atoms with Gasteiger partial charge in [0.05, 0.1) is 11.5 Å². The lowest BCUT2D eigenvalue weighted by atomic mass is 10.2. The first-order chi connectivity index (χ1) is 7.57. The molecule has 88 valence electrons. The van der Waals surface area contributed by atoms with E-state index in [1.165, 1.54) is 6.07 Å². The molecule has 1 aliphatic rings. The Labute approximate surface area is 94.6 Å². The molecule has 1 saturated heterocycles. The molecule has 0 radical (unpaired) electrons. The molecule has 3 nitrogen and oxygen atoms in total. The Balaban J connectivity index is 1.92. The molecule has 1 aromatic rings. The van der Waals surface area contributed by atoms with Gasteiger partial charge in [0.15, 0.2) is 9.84 Å². The van der Waals surface area contributed by atoms with Crippen LogP contribution < -0.4 is 5.32 Å². The molecule has 0 saturated carbocycles. The maximum Gasteiger partial charge on any atom is 0.151 e. The highest BCUT2D eigenvalue weighted by Crippen LogP contribution is 2.13. The minimum absolute atomic E-state index is 0.0374. The maximum absolute atomic E-state index is 13.3. The van der Waals surface area contributed by atoms with Gasteiger partial charge in [-0.25, -0.2) is 12.8 Å². The van der Waals surface area contributed by atoms with E-state index in [0.29, 0.717) is 18.5 Å². The van der Waals surface area contributed by atoms with Crippen LogP contribution in [0, 0.1) is 5.82 Å². The minimum Gasteiger partial charge on any atom is -0.309 e. The third-order valence-corrected chi connectivity index (χ3v) is 4.54. The van der Waals surface area contributed by atoms with E-state index in [1.54, 1.807) is 18.2 Å². The monoisotopic (exact) mass is 243 g/mol. The van der Waals surface area contributed by atoms with Crippen molar-refractivity contribution in [3.05, 3.63) is 35.6 Å². The minimum atomic E-state index is -2.87. The third kappa shape index (κ3) is 2.80. The Bertz CT molecular complexity index is 473. The number of hydrogen-bond donors (Lipinski definition) is 1. The second-order valence-corrected chi connectivity index (χ2v) is 6.30. The first-order valence-electron chi connectivity index (χ1n) is 5.24. The van der Waals surface area contributed by atoms with Crippen LogP contribution in [0.15, 0.2) is 24.3 Å². The number of halogens is 1. The summed E-state index contributed by atoms with van der Waals surface area (Å²) in [6, 6.07) is 6.48. The summed E-state index contributed by atoms with van der Waals surface area (Å²) in [5.41, 5.74) is 0.576. The largest absolute Gasteiger partial charge is 0.309 e.